The molecule has 2 aliphatic heterocycles. The van der Waals surface area contributed by atoms with Crippen molar-refractivity contribution in [2.24, 2.45) is 11.8 Å². The van der Waals surface area contributed by atoms with Crippen LogP contribution in [-0.2, 0) is 28.7 Å². The maximum Gasteiger partial charge on any atom is 0.414 e. The zero-order valence-electron chi connectivity index (χ0n) is 19.7. The topological polar surface area (TPSA) is 151 Å². The van der Waals surface area contributed by atoms with E-state index in [1.807, 2.05) is 13.8 Å². The smallest absolute Gasteiger partial charge is 0.414 e. The number of piperidine rings is 2. The molecule has 0 aromatic rings. The number of carboxylic acids is 2. The Morgan fingerprint density at radius 1 is 0.750 bits per heavy atom. The quantitative estimate of drug-likeness (QED) is 0.341. The van der Waals surface area contributed by atoms with E-state index in [2.05, 4.69) is 24.5 Å². The third kappa shape index (κ3) is 15.6. The van der Waals surface area contributed by atoms with Crippen LogP contribution in [0.4, 0.5) is 0 Å². The zero-order chi connectivity index (χ0) is 24.5. The number of carbonyl (C=O) groups is 4. The first-order valence-electron chi connectivity index (χ1n) is 11.3. The highest BCUT2D eigenvalue weighted by molar-refractivity contribution is 6.27. The van der Waals surface area contributed by atoms with Crippen LogP contribution < -0.4 is 10.6 Å². The molecule has 4 unspecified atom stereocenters. The third-order valence-corrected chi connectivity index (χ3v) is 5.17. The highest BCUT2D eigenvalue weighted by Gasteiger charge is 2.22. The molecule has 32 heavy (non-hydrogen) atoms. The number of carboxylic acid groups (broad SMARTS) is 2. The Hall–Kier alpha value is -2.20. The maximum absolute atomic E-state index is 11.2. The van der Waals surface area contributed by atoms with Gasteiger partial charge in [-0.2, -0.15) is 0 Å². The van der Waals surface area contributed by atoms with Gasteiger partial charge in [-0.3, -0.25) is 9.59 Å². The predicted molar refractivity (Wildman–Crippen MR) is 118 cm³/mol. The second-order valence-electron chi connectivity index (χ2n) is 8.12. The van der Waals surface area contributed by atoms with E-state index >= 15 is 0 Å². The molecule has 2 aliphatic rings. The number of ether oxygens (including phenoxy) is 2. The van der Waals surface area contributed by atoms with Gasteiger partial charge in [-0.15, -0.1) is 0 Å². The Morgan fingerprint density at radius 2 is 1.09 bits per heavy atom. The third-order valence-electron chi connectivity index (χ3n) is 5.17. The fraction of sp³-hybridized carbons (Fsp3) is 0.818. The number of carbonyl (C=O) groups excluding carboxylic acids is 2. The number of esters is 2. The Bertz CT molecular complexity index is 534. The molecule has 10 nitrogen and oxygen atoms in total. The summed E-state index contributed by atoms with van der Waals surface area (Å²) in [6, 6.07) is 1.10. The lowest BCUT2D eigenvalue weighted by molar-refractivity contribution is -0.159. The number of hydrogen-bond donors (Lipinski definition) is 4. The Kier molecular flexibility index (Phi) is 16.2. The summed E-state index contributed by atoms with van der Waals surface area (Å²) in [7, 11) is 0. The summed E-state index contributed by atoms with van der Waals surface area (Å²) in [5.74, 6) is -2.68. The van der Waals surface area contributed by atoms with Crippen molar-refractivity contribution in [2.45, 2.75) is 78.3 Å². The van der Waals surface area contributed by atoms with Gasteiger partial charge in [0.05, 0.1) is 13.2 Å². The summed E-state index contributed by atoms with van der Waals surface area (Å²) in [6.45, 7) is 11.1. The van der Waals surface area contributed by atoms with Crippen LogP contribution in [0, 0.1) is 11.8 Å². The van der Waals surface area contributed by atoms with Crippen LogP contribution in [0.2, 0.25) is 0 Å². The highest BCUT2D eigenvalue weighted by Crippen LogP contribution is 2.20. The van der Waals surface area contributed by atoms with Crippen molar-refractivity contribution in [1.82, 2.24) is 10.6 Å². The van der Waals surface area contributed by atoms with Gasteiger partial charge in [0, 0.05) is 24.9 Å². The molecule has 0 aromatic carbocycles. The van der Waals surface area contributed by atoms with Gasteiger partial charge >= 0.3 is 23.9 Å². The van der Waals surface area contributed by atoms with Gasteiger partial charge in [0.15, 0.2) is 0 Å². The van der Waals surface area contributed by atoms with E-state index in [0.717, 1.165) is 38.8 Å². The SMILES string of the molecule is CCOC(=O)CC1CCNC(C)C1.CCOC(=O)CC1CCNC(C)C1.O=C(O)C(=O)O. The van der Waals surface area contributed by atoms with E-state index in [1.54, 1.807) is 0 Å². The van der Waals surface area contributed by atoms with Crippen LogP contribution in [-0.4, -0.2) is 72.5 Å². The summed E-state index contributed by atoms with van der Waals surface area (Å²) in [4.78, 5) is 40.5. The van der Waals surface area contributed by atoms with E-state index in [-0.39, 0.29) is 11.9 Å². The predicted octanol–water partition coefficient (Wildman–Crippen LogP) is 1.81. The minimum Gasteiger partial charge on any atom is -0.473 e. The highest BCUT2D eigenvalue weighted by atomic mass is 16.5. The van der Waals surface area contributed by atoms with Crippen LogP contribution in [0.25, 0.3) is 0 Å². The van der Waals surface area contributed by atoms with E-state index in [1.165, 1.54) is 0 Å². The first kappa shape index (κ1) is 29.8. The van der Waals surface area contributed by atoms with Crippen molar-refractivity contribution in [3.05, 3.63) is 0 Å². The molecule has 0 bridgehead atoms. The van der Waals surface area contributed by atoms with Gasteiger partial charge in [-0.25, -0.2) is 9.59 Å². The van der Waals surface area contributed by atoms with Crippen molar-refractivity contribution in [3.63, 3.8) is 0 Å². The molecule has 0 amide bonds. The normalized spacial score (nSPS) is 24.5. The summed E-state index contributed by atoms with van der Waals surface area (Å²) in [5, 5.41) is 21.5. The lowest BCUT2D eigenvalue weighted by atomic mass is 9.90. The summed E-state index contributed by atoms with van der Waals surface area (Å²) >= 11 is 0. The average Bonchev–Trinajstić information content (AvgIpc) is 2.69. The minimum absolute atomic E-state index is 0.0402. The molecule has 4 N–H and O–H groups in total. The van der Waals surface area contributed by atoms with Crippen molar-refractivity contribution in [3.8, 4) is 0 Å². The minimum atomic E-state index is -1.82. The number of rotatable bonds is 6. The van der Waals surface area contributed by atoms with Gasteiger partial charge in [0.2, 0.25) is 0 Å². The van der Waals surface area contributed by atoms with E-state index in [9.17, 15) is 9.59 Å². The molecule has 10 heteroatoms. The molecule has 186 valence electrons. The fourth-order valence-electron chi connectivity index (χ4n) is 3.75. The van der Waals surface area contributed by atoms with Crippen LogP contribution in [0.15, 0.2) is 0 Å². The number of nitrogens with one attached hydrogen (secondary N) is 2. The molecule has 0 spiro atoms. The molecule has 0 aromatic heterocycles. The summed E-state index contributed by atoms with van der Waals surface area (Å²) in [6.07, 6.45) is 5.59. The van der Waals surface area contributed by atoms with Crippen LogP contribution in [0.5, 0.6) is 0 Å². The molecular weight excluding hydrogens is 420 g/mol. The van der Waals surface area contributed by atoms with Crippen LogP contribution in [0.3, 0.4) is 0 Å². The van der Waals surface area contributed by atoms with Crippen LogP contribution >= 0.6 is 0 Å². The summed E-state index contributed by atoms with van der Waals surface area (Å²) in [5.41, 5.74) is 0. The fourth-order valence-corrected chi connectivity index (χ4v) is 3.75. The van der Waals surface area contributed by atoms with Crippen molar-refractivity contribution in [1.29, 1.82) is 0 Å². The molecule has 2 saturated heterocycles. The maximum atomic E-state index is 11.2. The van der Waals surface area contributed by atoms with E-state index < -0.39 is 11.9 Å². The molecule has 0 aliphatic carbocycles. The molecule has 2 fully saturated rings. The molecule has 0 radical (unpaired) electrons. The standard InChI is InChI=1S/2C10H19NO2.C2H2O4/c2*1-3-13-10(12)7-9-4-5-11-8(2)6-9;3-1(4)2(5)6/h2*8-9,11H,3-7H2,1-2H3;(H,3,4)(H,5,6). The van der Waals surface area contributed by atoms with Crippen LogP contribution in [0.1, 0.15) is 66.2 Å². The van der Waals surface area contributed by atoms with Crippen molar-refractivity contribution in [2.75, 3.05) is 26.3 Å². The van der Waals surface area contributed by atoms with Gasteiger partial charge in [0.25, 0.3) is 0 Å². The van der Waals surface area contributed by atoms with Crippen molar-refractivity contribution < 1.29 is 38.9 Å². The Labute approximate surface area is 190 Å². The zero-order valence-corrected chi connectivity index (χ0v) is 19.7. The number of hydrogen-bond acceptors (Lipinski definition) is 8. The summed E-state index contributed by atoms with van der Waals surface area (Å²) < 4.78 is 9.84. The first-order chi connectivity index (χ1) is 15.1. The van der Waals surface area contributed by atoms with Gasteiger partial charge in [-0.1, -0.05) is 0 Å². The second kappa shape index (κ2) is 17.4. The Morgan fingerprint density at radius 3 is 1.34 bits per heavy atom. The van der Waals surface area contributed by atoms with Gasteiger partial charge in [0.1, 0.15) is 0 Å². The molecule has 4 atom stereocenters. The Balaban J connectivity index is 0.000000484. The molecule has 0 saturated carbocycles. The molecular formula is C22H40N2O8. The monoisotopic (exact) mass is 460 g/mol. The second-order valence-corrected chi connectivity index (χ2v) is 8.12. The lowest BCUT2D eigenvalue weighted by Gasteiger charge is -2.27. The number of aliphatic carboxylic acids is 2. The molecule has 2 heterocycles. The van der Waals surface area contributed by atoms with Gasteiger partial charge in [-0.05, 0) is 78.3 Å². The van der Waals surface area contributed by atoms with E-state index in [0.29, 0.717) is 50.0 Å². The average molecular weight is 461 g/mol. The van der Waals surface area contributed by atoms with Crippen molar-refractivity contribution >= 4 is 23.9 Å². The van der Waals surface area contributed by atoms with E-state index in [4.69, 9.17) is 29.3 Å². The largest absolute Gasteiger partial charge is 0.473 e. The van der Waals surface area contributed by atoms with Gasteiger partial charge < -0.3 is 30.3 Å². The molecule has 2 rings (SSSR count). The first-order valence-corrected chi connectivity index (χ1v) is 11.3. The lowest BCUT2D eigenvalue weighted by Crippen LogP contribution is -2.36.